The fourth-order valence-electron chi connectivity index (χ4n) is 2.96. The number of aromatic nitrogens is 3. The molecule has 4 aromatic rings. The van der Waals surface area contributed by atoms with Gasteiger partial charge in [-0.15, -0.1) is 0 Å². The molecule has 0 aliphatic heterocycles. The van der Waals surface area contributed by atoms with Crippen LogP contribution in [0.1, 0.15) is 0 Å². The number of anilines is 2. The molecule has 2 N–H and O–H groups in total. The minimum absolute atomic E-state index is 0.0999. The van der Waals surface area contributed by atoms with Gasteiger partial charge in [0.2, 0.25) is 5.95 Å². The Hall–Kier alpha value is -3.18. The second-order valence-electron chi connectivity index (χ2n) is 5.73. The Morgan fingerprint density at radius 3 is 2.60 bits per heavy atom. The molecule has 0 amide bonds. The highest BCUT2D eigenvalue weighted by molar-refractivity contribution is 5.95. The number of fused-ring (bicyclic) bond motifs is 1. The lowest BCUT2D eigenvalue weighted by molar-refractivity contribution is 0.278. The number of nitrogens with one attached hydrogen (secondary N) is 1. The molecular weight excluding hydrogens is 312 g/mol. The van der Waals surface area contributed by atoms with Crippen LogP contribution < -0.4 is 5.32 Å². The van der Waals surface area contributed by atoms with E-state index in [2.05, 4.69) is 32.0 Å². The van der Waals surface area contributed by atoms with E-state index in [9.17, 15) is 5.11 Å². The monoisotopic (exact) mass is 330 g/mol. The lowest BCUT2D eigenvalue weighted by Gasteiger charge is -2.06. The number of benzene rings is 2. The third kappa shape index (κ3) is 3.09. The molecule has 0 aliphatic rings. The second kappa shape index (κ2) is 6.75. The van der Waals surface area contributed by atoms with E-state index in [4.69, 9.17) is 0 Å². The standard InChI is InChI=1S/C20H18N4O/c25-13-12-24-14-17(16-8-4-5-9-19(16)24)18-10-11-21-20(23-18)22-15-6-2-1-3-7-15/h1-11,14,25H,12-13H2,(H,21,22,23). The first-order valence-electron chi connectivity index (χ1n) is 8.19. The molecule has 0 atom stereocenters. The summed E-state index contributed by atoms with van der Waals surface area (Å²) in [6, 6.07) is 19.9. The van der Waals surface area contributed by atoms with Gasteiger partial charge in [-0.05, 0) is 24.3 Å². The molecular formula is C20H18N4O. The van der Waals surface area contributed by atoms with Crippen LogP contribution >= 0.6 is 0 Å². The van der Waals surface area contributed by atoms with Gasteiger partial charge in [0.25, 0.3) is 0 Å². The maximum Gasteiger partial charge on any atom is 0.227 e. The maximum atomic E-state index is 9.31. The molecule has 0 saturated heterocycles. The molecule has 0 aliphatic carbocycles. The van der Waals surface area contributed by atoms with Crippen LogP contribution in [0.3, 0.4) is 0 Å². The maximum absolute atomic E-state index is 9.31. The second-order valence-corrected chi connectivity index (χ2v) is 5.73. The van der Waals surface area contributed by atoms with E-state index in [0.717, 1.165) is 27.8 Å². The molecule has 124 valence electrons. The highest BCUT2D eigenvalue weighted by Crippen LogP contribution is 2.30. The minimum atomic E-state index is 0.0999. The van der Waals surface area contributed by atoms with Gasteiger partial charge in [0.05, 0.1) is 12.3 Å². The Labute approximate surface area is 145 Å². The zero-order valence-corrected chi connectivity index (χ0v) is 13.6. The summed E-state index contributed by atoms with van der Waals surface area (Å²) in [7, 11) is 0. The van der Waals surface area contributed by atoms with Crippen molar-refractivity contribution < 1.29 is 5.11 Å². The SMILES string of the molecule is OCCn1cc(-c2ccnc(Nc3ccccc3)n2)c2ccccc21. The van der Waals surface area contributed by atoms with Crippen LogP contribution in [0.2, 0.25) is 0 Å². The van der Waals surface area contributed by atoms with Gasteiger partial charge in [0.1, 0.15) is 0 Å². The Morgan fingerprint density at radius 1 is 0.960 bits per heavy atom. The molecule has 0 fully saturated rings. The molecule has 2 aromatic carbocycles. The van der Waals surface area contributed by atoms with Crippen molar-refractivity contribution in [2.24, 2.45) is 0 Å². The molecule has 4 rings (SSSR count). The van der Waals surface area contributed by atoms with Crippen molar-refractivity contribution in [3.05, 3.63) is 73.1 Å². The van der Waals surface area contributed by atoms with Crippen LogP contribution in [0.25, 0.3) is 22.2 Å². The van der Waals surface area contributed by atoms with Crippen molar-refractivity contribution in [3.63, 3.8) is 0 Å². The first-order chi connectivity index (χ1) is 12.3. The fourth-order valence-corrected chi connectivity index (χ4v) is 2.96. The van der Waals surface area contributed by atoms with Crippen molar-refractivity contribution in [2.45, 2.75) is 6.54 Å². The predicted molar refractivity (Wildman–Crippen MR) is 99.8 cm³/mol. The number of para-hydroxylation sites is 2. The number of nitrogens with zero attached hydrogens (tertiary/aromatic N) is 3. The molecule has 5 heteroatoms. The molecule has 2 aromatic heterocycles. The van der Waals surface area contributed by atoms with Crippen LogP contribution in [0.4, 0.5) is 11.6 Å². The number of aliphatic hydroxyl groups excluding tert-OH is 1. The summed E-state index contributed by atoms with van der Waals surface area (Å²) in [5, 5.41) is 13.6. The normalized spacial score (nSPS) is 10.9. The summed E-state index contributed by atoms with van der Waals surface area (Å²) >= 11 is 0. The summed E-state index contributed by atoms with van der Waals surface area (Å²) < 4.78 is 2.05. The van der Waals surface area contributed by atoms with Gasteiger partial charge < -0.3 is 15.0 Å². The van der Waals surface area contributed by atoms with Crippen molar-refractivity contribution in [2.75, 3.05) is 11.9 Å². The van der Waals surface area contributed by atoms with E-state index in [1.807, 2.05) is 54.7 Å². The van der Waals surface area contributed by atoms with Crippen molar-refractivity contribution in [1.82, 2.24) is 14.5 Å². The number of rotatable bonds is 5. The van der Waals surface area contributed by atoms with Crippen molar-refractivity contribution >= 4 is 22.5 Å². The summed E-state index contributed by atoms with van der Waals surface area (Å²) in [6.45, 7) is 0.656. The summed E-state index contributed by atoms with van der Waals surface area (Å²) in [6.07, 6.45) is 3.79. The smallest absolute Gasteiger partial charge is 0.227 e. The molecule has 0 spiro atoms. The first kappa shape index (κ1) is 15.4. The van der Waals surface area contributed by atoms with Gasteiger partial charge in [0.15, 0.2) is 0 Å². The van der Waals surface area contributed by atoms with E-state index in [0.29, 0.717) is 12.5 Å². The highest BCUT2D eigenvalue weighted by Gasteiger charge is 2.11. The van der Waals surface area contributed by atoms with Gasteiger partial charge in [-0.1, -0.05) is 36.4 Å². The first-order valence-corrected chi connectivity index (χ1v) is 8.19. The van der Waals surface area contributed by atoms with Crippen LogP contribution in [0.5, 0.6) is 0 Å². The summed E-state index contributed by atoms with van der Waals surface area (Å²) in [5.74, 6) is 0.558. The van der Waals surface area contributed by atoms with E-state index in [1.54, 1.807) is 6.20 Å². The van der Waals surface area contributed by atoms with Crippen LogP contribution in [-0.2, 0) is 6.54 Å². The predicted octanol–water partition coefficient (Wildman–Crippen LogP) is 3.83. The highest BCUT2D eigenvalue weighted by atomic mass is 16.3. The Morgan fingerprint density at radius 2 is 1.76 bits per heavy atom. The van der Waals surface area contributed by atoms with E-state index in [-0.39, 0.29) is 6.61 Å². The molecule has 0 unspecified atom stereocenters. The van der Waals surface area contributed by atoms with Crippen LogP contribution in [0, 0.1) is 0 Å². The molecule has 2 heterocycles. The van der Waals surface area contributed by atoms with E-state index < -0.39 is 0 Å². The van der Waals surface area contributed by atoms with Gasteiger partial charge in [-0.2, -0.15) is 0 Å². The van der Waals surface area contributed by atoms with Crippen LogP contribution in [-0.4, -0.2) is 26.2 Å². The molecule has 0 bridgehead atoms. The minimum Gasteiger partial charge on any atom is -0.395 e. The Bertz CT molecular complexity index is 995. The lowest BCUT2D eigenvalue weighted by atomic mass is 10.1. The molecule has 25 heavy (non-hydrogen) atoms. The van der Waals surface area contributed by atoms with Crippen LogP contribution in [0.15, 0.2) is 73.1 Å². The zero-order valence-electron chi connectivity index (χ0n) is 13.6. The number of hydrogen-bond acceptors (Lipinski definition) is 4. The topological polar surface area (TPSA) is 63.0 Å². The zero-order chi connectivity index (χ0) is 17.1. The quantitative estimate of drug-likeness (QED) is 0.584. The molecule has 5 nitrogen and oxygen atoms in total. The average Bonchev–Trinajstić information content (AvgIpc) is 3.02. The van der Waals surface area contributed by atoms with E-state index in [1.165, 1.54) is 0 Å². The third-order valence-corrected chi connectivity index (χ3v) is 4.09. The summed E-state index contributed by atoms with van der Waals surface area (Å²) in [4.78, 5) is 8.98. The lowest BCUT2D eigenvalue weighted by Crippen LogP contribution is -1.99. The van der Waals surface area contributed by atoms with Gasteiger partial charge in [-0.25, -0.2) is 9.97 Å². The van der Waals surface area contributed by atoms with E-state index >= 15 is 0 Å². The Balaban J connectivity index is 1.75. The van der Waals surface area contributed by atoms with Gasteiger partial charge >= 0.3 is 0 Å². The largest absolute Gasteiger partial charge is 0.395 e. The fraction of sp³-hybridized carbons (Fsp3) is 0.100. The molecule has 0 saturated carbocycles. The number of hydrogen-bond donors (Lipinski definition) is 2. The summed E-state index contributed by atoms with van der Waals surface area (Å²) in [5.41, 5.74) is 3.91. The van der Waals surface area contributed by atoms with Crippen molar-refractivity contribution in [1.29, 1.82) is 0 Å². The van der Waals surface area contributed by atoms with Gasteiger partial charge in [-0.3, -0.25) is 0 Å². The van der Waals surface area contributed by atoms with Gasteiger partial charge in [0, 0.05) is 41.1 Å². The Kier molecular flexibility index (Phi) is 4.14. The number of aliphatic hydroxyl groups is 1. The average molecular weight is 330 g/mol. The van der Waals surface area contributed by atoms with Crippen molar-refractivity contribution in [3.8, 4) is 11.3 Å². The molecule has 0 radical (unpaired) electrons. The third-order valence-electron chi connectivity index (χ3n) is 4.09.